The molecule has 3 rings (SSSR count). The first-order valence-corrected chi connectivity index (χ1v) is 10.1. The lowest BCUT2D eigenvalue weighted by molar-refractivity contribution is 0.587. The number of sulfonamides is 1. The second kappa shape index (κ2) is 6.67. The van der Waals surface area contributed by atoms with Crippen LogP contribution in [0.5, 0.6) is 0 Å². The van der Waals surface area contributed by atoms with E-state index in [9.17, 15) is 8.42 Å². The van der Waals surface area contributed by atoms with Crippen molar-refractivity contribution in [2.45, 2.75) is 43.9 Å². The van der Waals surface area contributed by atoms with Crippen LogP contribution in [0.25, 0.3) is 0 Å². The predicted molar refractivity (Wildman–Crippen MR) is 102 cm³/mol. The van der Waals surface area contributed by atoms with Crippen LogP contribution in [0, 0.1) is 0 Å². The van der Waals surface area contributed by atoms with Gasteiger partial charge in [-0.05, 0) is 48.1 Å². The Morgan fingerprint density at radius 3 is 2.16 bits per heavy atom. The van der Waals surface area contributed by atoms with Crippen molar-refractivity contribution in [1.82, 2.24) is 4.98 Å². The van der Waals surface area contributed by atoms with Gasteiger partial charge in [-0.1, -0.05) is 32.9 Å². The summed E-state index contributed by atoms with van der Waals surface area (Å²) in [5.41, 5.74) is 1.57. The van der Waals surface area contributed by atoms with Crippen molar-refractivity contribution in [3.05, 3.63) is 48.2 Å². The zero-order chi connectivity index (χ0) is 18.1. The van der Waals surface area contributed by atoms with Gasteiger partial charge in [0, 0.05) is 13.1 Å². The Morgan fingerprint density at radius 2 is 1.64 bits per heavy atom. The lowest BCUT2D eigenvalue weighted by Gasteiger charge is -2.19. The summed E-state index contributed by atoms with van der Waals surface area (Å²) in [5, 5.41) is 0. The molecule has 1 aliphatic heterocycles. The number of hydrogen-bond acceptors (Lipinski definition) is 4. The highest BCUT2D eigenvalue weighted by Crippen LogP contribution is 2.25. The lowest BCUT2D eigenvalue weighted by Crippen LogP contribution is -2.19. The van der Waals surface area contributed by atoms with Crippen LogP contribution in [0.3, 0.4) is 0 Å². The van der Waals surface area contributed by atoms with Crippen molar-refractivity contribution >= 4 is 21.5 Å². The van der Waals surface area contributed by atoms with Crippen LogP contribution in [0.2, 0.25) is 0 Å². The Labute approximate surface area is 150 Å². The molecule has 1 fully saturated rings. The first-order chi connectivity index (χ1) is 11.8. The van der Waals surface area contributed by atoms with Gasteiger partial charge < -0.3 is 4.90 Å². The Morgan fingerprint density at radius 1 is 1.00 bits per heavy atom. The fourth-order valence-electron chi connectivity index (χ4n) is 2.93. The predicted octanol–water partition coefficient (Wildman–Crippen LogP) is 3.78. The number of aromatic nitrogens is 1. The summed E-state index contributed by atoms with van der Waals surface area (Å²) in [6.07, 6.45) is 3.94. The second-order valence-electron chi connectivity index (χ2n) is 7.48. The summed E-state index contributed by atoms with van der Waals surface area (Å²) in [5.74, 6) is 0.898. The molecule has 0 spiro atoms. The van der Waals surface area contributed by atoms with E-state index >= 15 is 0 Å². The monoisotopic (exact) mass is 359 g/mol. The van der Waals surface area contributed by atoms with Gasteiger partial charge in [0.1, 0.15) is 5.82 Å². The van der Waals surface area contributed by atoms with Crippen LogP contribution >= 0.6 is 0 Å². The van der Waals surface area contributed by atoms with Gasteiger partial charge in [-0.15, -0.1) is 0 Å². The maximum atomic E-state index is 12.6. The molecule has 0 amide bonds. The van der Waals surface area contributed by atoms with E-state index in [4.69, 9.17) is 0 Å². The van der Waals surface area contributed by atoms with Crippen molar-refractivity contribution in [3.63, 3.8) is 0 Å². The summed E-state index contributed by atoms with van der Waals surface area (Å²) in [6, 6.07) is 10.7. The molecular formula is C19H25N3O2S. The molecule has 1 saturated heterocycles. The maximum absolute atomic E-state index is 12.6. The number of hydrogen-bond donors (Lipinski definition) is 1. The van der Waals surface area contributed by atoms with E-state index in [1.807, 2.05) is 18.2 Å². The highest BCUT2D eigenvalue weighted by atomic mass is 32.2. The fourth-order valence-corrected chi connectivity index (χ4v) is 3.97. The zero-order valence-electron chi connectivity index (χ0n) is 15.0. The topological polar surface area (TPSA) is 62.3 Å². The maximum Gasteiger partial charge on any atom is 0.261 e. The molecule has 0 aliphatic carbocycles. The quantitative estimate of drug-likeness (QED) is 0.902. The molecule has 134 valence electrons. The van der Waals surface area contributed by atoms with Gasteiger partial charge in [0.05, 0.1) is 16.8 Å². The highest BCUT2D eigenvalue weighted by molar-refractivity contribution is 7.92. The molecule has 0 saturated carbocycles. The van der Waals surface area contributed by atoms with E-state index in [0.717, 1.165) is 24.5 Å². The molecule has 1 aromatic carbocycles. The summed E-state index contributed by atoms with van der Waals surface area (Å²) < 4.78 is 27.7. The molecular weight excluding hydrogens is 334 g/mol. The van der Waals surface area contributed by atoms with Gasteiger partial charge in [0.2, 0.25) is 0 Å². The number of nitrogens with zero attached hydrogens (tertiary/aromatic N) is 2. The molecule has 2 aromatic rings. The minimum atomic E-state index is -3.61. The number of rotatable bonds is 4. The summed E-state index contributed by atoms with van der Waals surface area (Å²) in [7, 11) is -3.61. The number of pyridine rings is 1. The molecule has 0 bridgehead atoms. The van der Waals surface area contributed by atoms with Crippen molar-refractivity contribution in [2.24, 2.45) is 0 Å². The van der Waals surface area contributed by atoms with Crippen molar-refractivity contribution < 1.29 is 8.42 Å². The van der Waals surface area contributed by atoms with E-state index in [0.29, 0.717) is 5.69 Å². The minimum absolute atomic E-state index is 0.00889. The smallest absolute Gasteiger partial charge is 0.261 e. The minimum Gasteiger partial charge on any atom is -0.357 e. The van der Waals surface area contributed by atoms with Crippen molar-refractivity contribution in [3.8, 4) is 0 Å². The van der Waals surface area contributed by atoms with Gasteiger partial charge in [-0.25, -0.2) is 13.4 Å². The summed E-state index contributed by atoms with van der Waals surface area (Å²) in [6.45, 7) is 8.32. The second-order valence-corrected chi connectivity index (χ2v) is 9.16. The standard InChI is InChI=1S/C19H25N3O2S/c1-19(2,3)15-6-9-17(10-7-15)25(23,24)21-16-8-11-18(20-14-16)22-12-4-5-13-22/h6-11,14,21H,4-5,12-13H2,1-3H3. The molecule has 0 radical (unpaired) electrons. The molecule has 1 aromatic heterocycles. The largest absolute Gasteiger partial charge is 0.357 e. The first kappa shape index (κ1) is 17.7. The summed E-state index contributed by atoms with van der Waals surface area (Å²) in [4.78, 5) is 6.85. The molecule has 1 aliphatic rings. The fraction of sp³-hybridized carbons (Fsp3) is 0.421. The van der Waals surface area contributed by atoms with E-state index in [1.54, 1.807) is 24.4 Å². The molecule has 25 heavy (non-hydrogen) atoms. The number of benzene rings is 1. The third kappa shape index (κ3) is 4.12. The molecule has 1 N–H and O–H groups in total. The normalized spacial score (nSPS) is 15.4. The Kier molecular flexibility index (Phi) is 4.73. The average Bonchev–Trinajstić information content (AvgIpc) is 3.09. The van der Waals surface area contributed by atoms with Crippen LogP contribution in [0.4, 0.5) is 11.5 Å². The molecule has 5 nitrogen and oxygen atoms in total. The van der Waals surface area contributed by atoms with E-state index in [2.05, 4.69) is 35.4 Å². The third-order valence-corrected chi connectivity index (χ3v) is 5.86. The SMILES string of the molecule is CC(C)(C)c1ccc(S(=O)(=O)Nc2ccc(N3CCCC3)nc2)cc1. The summed E-state index contributed by atoms with van der Waals surface area (Å²) >= 11 is 0. The molecule has 0 atom stereocenters. The zero-order valence-corrected chi connectivity index (χ0v) is 15.8. The Bertz CT molecular complexity index is 816. The van der Waals surface area contributed by atoms with Gasteiger partial charge in [0.15, 0.2) is 0 Å². The average molecular weight is 359 g/mol. The number of nitrogens with one attached hydrogen (secondary N) is 1. The van der Waals surface area contributed by atoms with Crippen molar-refractivity contribution in [2.75, 3.05) is 22.7 Å². The van der Waals surface area contributed by atoms with E-state index < -0.39 is 10.0 Å². The lowest BCUT2D eigenvalue weighted by atomic mass is 9.87. The third-order valence-electron chi connectivity index (χ3n) is 4.46. The van der Waals surface area contributed by atoms with Gasteiger partial charge in [-0.3, -0.25) is 4.72 Å². The van der Waals surface area contributed by atoms with Gasteiger partial charge in [-0.2, -0.15) is 0 Å². The van der Waals surface area contributed by atoms with Crippen LogP contribution in [0.15, 0.2) is 47.5 Å². The van der Waals surface area contributed by atoms with E-state index in [1.165, 1.54) is 12.8 Å². The molecule has 2 heterocycles. The van der Waals surface area contributed by atoms with Gasteiger partial charge in [0.25, 0.3) is 10.0 Å². The number of anilines is 2. The molecule has 6 heteroatoms. The first-order valence-electron chi connectivity index (χ1n) is 8.60. The molecule has 0 unspecified atom stereocenters. The Balaban J connectivity index is 1.74. The van der Waals surface area contributed by atoms with Crippen LogP contribution in [0.1, 0.15) is 39.2 Å². The van der Waals surface area contributed by atoms with Crippen LogP contribution < -0.4 is 9.62 Å². The van der Waals surface area contributed by atoms with E-state index in [-0.39, 0.29) is 10.3 Å². The van der Waals surface area contributed by atoms with Crippen molar-refractivity contribution in [1.29, 1.82) is 0 Å². The van der Waals surface area contributed by atoms with Gasteiger partial charge >= 0.3 is 0 Å². The Hall–Kier alpha value is -2.08. The van der Waals surface area contributed by atoms with Crippen LogP contribution in [-0.2, 0) is 15.4 Å². The highest BCUT2D eigenvalue weighted by Gasteiger charge is 2.18. The van der Waals surface area contributed by atoms with Crippen LogP contribution in [-0.4, -0.2) is 26.5 Å².